The van der Waals surface area contributed by atoms with E-state index in [-0.39, 0.29) is 12.5 Å². The molecule has 0 aromatic heterocycles. The van der Waals surface area contributed by atoms with Gasteiger partial charge >= 0.3 is 0 Å². The molecule has 3 rings (SSSR count). The highest BCUT2D eigenvalue weighted by Crippen LogP contribution is 2.32. The van der Waals surface area contributed by atoms with E-state index in [2.05, 4.69) is 18.7 Å². The van der Waals surface area contributed by atoms with Crippen molar-refractivity contribution in [3.8, 4) is 5.75 Å². The highest BCUT2D eigenvalue weighted by Gasteiger charge is 2.27. The predicted molar refractivity (Wildman–Crippen MR) is 99.2 cm³/mol. The molecule has 1 saturated heterocycles. The molecule has 138 valence electrons. The molecule has 1 aromatic rings. The van der Waals surface area contributed by atoms with Gasteiger partial charge in [0.15, 0.2) is 6.61 Å². The molecule has 25 heavy (non-hydrogen) atoms. The van der Waals surface area contributed by atoms with E-state index in [9.17, 15) is 4.79 Å². The lowest BCUT2D eigenvalue weighted by molar-refractivity contribution is -0.121. The van der Waals surface area contributed by atoms with Gasteiger partial charge in [-0.25, -0.2) is 0 Å². The van der Waals surface area contributed by atoms with Gasteiger partial charge in [-0.1, -0.05) is 26.0 Å². The lowest BCUT2D eigenvalue weighted by Gasteiger charge is -2.36. The summed E-state index contributed by atoms with van der Waals surface area (Å²) in [6.07, 6.45) is 3.75. The summed E-state index contributed by atoms with van der Waals surface area (Å²) in [5.74, 6) is 1.28. The molecular weight excluding hydrogens is 316 g/mol. The van der Waals surface area contributed by atoms with Crippen LogP contribution in [-0.4, -0.2) is 56.3 Å². The van der Waals surface area contributed by atoms with Crippen LogP contribution in [0.25, 0.3) is 0 Å². The maximum absolute atomic E-state index is 12.3. The fraction of sp³-hybridized carbons (Fsp3) is 0.650. The van der Waals surface area contributed by atoms with Crippen molar-refractivity contribution in [3.05, 3.63) is 24.3 Å². The van der Waals surface area contributed by atoms with Crippen molar-refractivity contribution in [1.82, 2.24) is 4.90 Å². The Morgan fingerprint density at radius 1 is 1.24 bits per heavy atom. The van der Waals surface area contributed by atoms with Crippen LogP contribution in [0.15, 0.2) is 24.3 Å². The van der Waals surface area contributed by atoms with Crippen LogP contribution in [0.2, 0.25) is 0 Å². The summed E-state index contributed by atoms with van der Waals surface area (Å²) in [5, 5.41) is 0. The number of benzene rings is 1. The first-order valence-corrected chi connectivity index (χ1v) is 9.53. The van der Waals surface area contributed by atoms with Crippen LogP contribution >= 0.6 is 0 Å². The molecule has 2 heterocycles. The monoisotopic (exact) mass is 346 g/mol. The van der Waals surface area contributed by atoms with Crippen molar-refractivity contribution in [2.75, 3.05) is 44.3 Å². The van der Waals surface area contributed by atoms with E-state index < -0.39 is 0 Å². The van der Waals surface area contributed by atoms with Gasteiger partial charge in [-0.3, -0.25) is 4.79 Å². The van der Waals surface area contributed by atoms with E-state index in [1.165, 1.54) is 0 Å². The second kappa shape index (κ2) is 8.68. The molecule has 0 spiro atoms. The van der Waals surface area contributed by atoms with E-state index in [4.69, 9.17) is 9.47 Å². The van der Waals surface area contributed by atoms with Gasteiger partial charge < -0.3 is 19.3 Å². The van der Waals surface area contributed by atoms with E-state index >= 15 is 0 Å². The summed E-state index contributed by atoms with van der Waals surface area (Å²) >= 11 is 0. The number of hydrogen-bond acceptors (Lipinski definition) is 4. The van der Waals surface area contributed by atoms with Gasteiger partial charge in [0.2, 0.25) is 0 Å². The number of amides is 1. The Labute approximate surface area is 150 Å². The summed E-state index contributed by atoms with van der Waals surface area (Å²) < 4.78 is 11.4. The standard InChI is InChI=1S/C20H30N2O3/c1-3-12-24-17-8-10-21(11-9-17)13-16(2)14-22-18-6-4-5-7-19(18)25-15-20(22)23/h4-7,16-17H,3,8-15H2,1-2H3/t16-/m1/s1. The van der Waals surface area contributed by atoms with Crippen LogP contribution in [0.1, 0.15) is 33.1 Å². The number of anilines is 1. The third-order valence-corrected chi connectivity index (χ3v) is 4.96. The fourth-order valence-corrected chi connectivity index (χ4v) is 3.71. The number of likely N-dealkylation sites (tertiary alicyclic amines) is 1. The van der Waals surface area contributed by atoms with Crippen molar-refractivity contribution in [1.29, 1.82) is 0 Å². The Hall–Kier alpha value is -1.59. The molecule has 0 bridgehead atoms. The smallest absolute Gasteiger partial charge is 0.265 e. The van der Waals surface area contributed by atoms with E-state index in [0.717, 1.165) is 63.5 Å². The molecular formula is C20H30N2O3. The zero-order valence-corrected chi connectivity index (χ0v) is 15.4. The number of piperidine rings is 1. The third-order valence-electron chi connectivity index (χ3n) is 4.96. The van der Waals surface area contributed by atoms with Crippen molar-refractivity contribution >= 4 is 11.6 Å². The molecule has 1 fully saturated rings. The SMILES string of the molecule is CCCOC1CCN(C[C@@H](C)CN2C(=O)COc3ccccc32)CC1. The molecule has 1 atom stereocenters. The van der Waals surface area contributed by atoms with Gasteiger partial charge in [-0.05, 0) is 37.3 Å². The van der Waals surface area contributed by atoms with Crippen LogP contribution in [0.4, 0.5) is 5.69 Å². The second-order valence-electron chi connectivity index (χ2n) is 7.24. The molecule has 2 aliphatic rings. The minimum absolute atomic E-state index is 0.0530. The van der Waals surface area contributed by atoms with Crippen molar-refractivity contribution in [2.45, 2.75) is 39.2 Å². The summed E-state index contributed by atoms with van der Waals surface area (Å²) in [5.41, 5.74) is 0.900. The first kappa shape index (κ1) is 18.2. The molecule has 0 unspecified atom stereocenters. The molecule has 5 heteroatoms. The number of nitrogens with zero attached hydrogens (tertiary/aromatic N) is 2. The van der Waals surface area contributed by atoms with Crippen LogP contribution in [0, 0.1) is 5.92 Å². The van der Waals surface area contributed by atoms with Gasteiger partial charge in [0, 0.05) is 32.8 Å². The minimum atomic E-state index is 0.0530. The Balaban J connectivity index is 1.50. The quantitative estimate of drug-likeness (QED) is 0.761. The van der Waals surface area contributed by atoms with E-state index in [0.29, 0.717) is 12.0 Å². The maximum atomic E-state index is 12.3. The first-order chi connectivity index (χ1) is 12.2. The van der Waals surface area contributed by atoms with Gasteiger partial charge in [-0.2, -0.15) is 0 Å². The number of carbonyl (C=O) groups excluding carboxylic acids is 1. The lowest BCUT2D eigenvalue weighted by atomic mass is 10.0. The fourth-order valence-electron chi connectivity index (χ4n) is 3.71. The summed E-state index contributed by atoms with van der Waals surface area (Å²) in [4.78, 5) is 16.7. The minimum Gasteiger partial charge on any atom is -0.482 e. The predicted octanol–water partition coefficient (Wildman–Crippen LogP) is 2.94. The Kier molecular flexibility index (Phi) is 6.32. The normalized spacial score (nSPS) is 20.2. The highest BCUT2D eigenvalue weighted by molar-refractivity contribution is 5.97. The molecule has 0 saturated carbocycles. The molecule has 2 aliphatic heterocycles. The average Bonchev–Trinajstić information content (AvgIpc) is 2.63. The molecule has 1 aromatic carbocycles. The van der Waals surface area contributed by atoms with Crippen molar-refractivity contribution in [2.24, 2.45) is 5.92 Å². The number of para-hydroxylation sites is 2. The molecule has 0 aliphatic carbocycles. The Morgan fingerprint density at radius 2 is 2.00 bits per heavy atom. The Bertz CT molecular complexity index is 570. The van der Waals surface area contributed by atoms with Gasteiger partial charge in [-0.15, -0.1) is 0 Å². The van der Waals surface area contributed by atoms with Crippen LogP contribution in [-0.2, 0) is 9.53 Å². The number of fused-ring (bicyclic) bond motifs is 1. The van der Waals surface area contributed by atoms with Crippen LogP contribution in [0.5, 0.6) is 5.75 Å². The lowest BCUT2D eigenvalue weighted by Crippen LogP contribution is -2.45. The van der Waals surface area contributed by atoms with Gasteiger partial charge in [0.1, 0.15) is 5.75 Å². The van der Waals surface area contributed by atoms with Crippen LogP contribution < -0.4 is 9.64 Å². The maximum Gasteiger partial charge on any atom is 0.265 e. The number of ether oxygens (including phenoxy) is 2. The first-order valence-electron chi connectivity index (χ1n) is 9.53. The summed E-state index contributed by atoms with van der Waals surface area (Å²) in [6.45, 7) is 9.34. The van der Waals surface area contributed by atoms with Crippen molar-refractivity contribution in [3.63, 3.8) is 0 Å². The number of carbonyl (C=O) groups is 1. The van der Waals surface area contributed by atoms with Gasteiger partial charge in [0.25, 0.3) is 5.91 Å². The molecule has 0 N–H and O–H groups in total. The molecule has 0 radical (unpaired) electrons. The number of hydrogen-bond donors (Lipinski definition) is 0. The van der Waals surface area contributed by atoms with Crippen LogP contribution in [0.3, 0.4) is 0 Å². The average molecular weight is 346 g/mol. The summed E-state index contributed by atoms with van der Waals surface area (Å²) in [7, 11) is 0. The summed E-state index contributed by atoms with van der Waals surface area (Å²) in [6, 6.07) is 7.80. The largest absolute Gasteiger partial charge is 0.482 e. The zero-order chi connectivity index (χ0) is 17.6. The molecule has 5 nitrogen and oxygen atoms in total. The van der Waals surface area contributed by atoms with Crippen molar-refractivity contribution < 1.29 is 14.3 Å². The van der Waals surface area contributed by atoms with E-state index in [1.54, 1.807) is 0 Å². The topological polar surface area (TPSA) is 42.0 Å². The van der Waals surface area contributed by atoms with Gasteiger partial charge in [0.05, 0.1) is 11.8 Å². The Morgan fingerprint density at radius 3 is 2.76 bits per heavy atom. The highest BCUT2D eigenvalue weighted by atomic mass is 16.5. The van der Waals surface area contributed by atoms with E-state index in [1.807, 2.05) is 29.2 Å². The number of rotatable bonds is 7. The third kappa shape index (κ3) is 4.73. The zero-order valence-electron chi connectivity index (χ0n) is 15.4. The molecule has 1 amide bonds. The second-order valence-corrected chi connectivity index (χ2v) is 7.24.